The Bertz CT molecular complexity index is 780. The molecule has 0 atom stereocenters. The molecule has 3 rings (SSSR count). The Morgan fingerprint density at radius 3 is 1.21 bits per heavy atom. The molecule has 0 aliphatic rings. The van der Waals surface area contributed by atoms with Gasteiger partial charge in [0.05, 0.1) is 17.1 Å². The van der Waals surface area contributed by atoms with Gasteiger partial charge in [-0.15, -0.1) is 0 Å². The van der Waals surface area contributed by atoms with Crippen molar-refractivity contribution >= 4 is 34.8 Å². The number of aliphatic hydroxyl groups excluding tert-OH is 1. The van der Waals surface area contributed by atoms with E-state index in [0.717, 1.165) is 43.1 Å². The molecule has 33 heavy (non-hydrogen) atoms. The van der Waals surface area contributed by atoms with Gasteiger partial charge in [-0.1, -0.05) is 49.6 Å². The molecule has 3 heterocycles. The molecular formula is C23H26FeN6OS2+. The molecule has 0 aliphatic carbocycles. The van der Waals surface area contributed by atoms with E-state index in [1.54, 1.807) is 0 Å². The maximum Gasteiger partial charge on any atom is 3.00 e. The van der Waals surface area contributed by atoms with Crippen LogP contribution in [0.25, 0.3) is 10.8 Å². The van der Waals surface area contributed by atoms with E-state index >= 15 is 0 Å². The van der Waals surface area contributed by atoms with E-state index in [1.807, 2.05) is 80.1 Å². The van der Waals surface area contributed by atoms with Crippen molar-refractivity contribution in [3.8, 4) is 0 Å². The molecule has 173 valence electrons. The monoisotopic (exact) mass is 522 g/mol. The third-order valence-electron chi connectivity index (χ3n) is 3.56. The van der Waals surface area contributed by atoms with E-state index in [0.29, 0.717) is 6.61 Å². The van der Waals surface area contributed by atoms with Gasteiger partial charge >= 0.3 is 17.1 Å². The molecule has 3 aromatic heterocycles. The Labute approximate surface area is 216 Å². The van der Waals surface area contributed by atoms with E-state index in [4.69, 9.17) is 15.9 Å². The summed E-state index contributed by atoms with van der Waals surface area (Å²) in [5.74, 6) is 0. The van der Waals surface area contributed by atoms with Crippen molar-refractivity contribution in [3.63, 3.8) is 0 Å². The predicted molar refractivity (Wildman–Crippen MR) is 135 cm³/mol. The van der Waals surface area contributed by atoms with E-state index < -0.39 is 0 Å². The van der Waals surface area contributed by atoms with Crippen LogP contribution in [0.5, 0.6) is 0 Å². The SMILES string of the molecule is CCCO.[Fe+3].[N-]=C=S.[N-]=C=S.c1ccc(CN(Cc2ccccn2)Cc2ccccn2)nc1. The zero-order valence-electron chi connectivity index (χ0n) is 18.3. The van der Waals surface area contributed by atoms with Crippen LogP contribution in [0.1, 0.15) is 30.4 Å². The second kappa shape index (κ2) is 24.1. The van der Waals surface area contributed by atoms with Gasteiger partial charge in [0.25, 0.3) is 0 Å². The molecule has 0 aromatic carbocycles. The van der Waals surface area contributed by atoms with Gasteiger partial charge in [0.2, 0.25) is 0 Å². The number of nitrogens with zero attached hydrogens (tertiary/aromatic N) is 6. The number of hydrogen-bond acceptors (Lipinski definition) is 7. The van der Waals surface area contributed by atoms with Crippen molar-refractivity contribution in [2.75, 3.05) is 6.61 Å². The van der Waals surface area contributed by atoms with Crippen molar-refractivity contribution in [2.45, 2.75) is 33.0 Å². The Morgan fingerprint density at radius 2 is 1.03 bits per heavy atom. The van der Waals surface area contributed by atoms with Crippen molar-refractivity contribution in [2.24, 2.45) is 0 Å². The Morgan fingerprint density at radius 1 is 0.758 bits per heavy atom. The first-order chi connectivity index (χ1) is 15.6. The van der Waals surface area contributed by atoms with E-state index in [9.17, 15) is 0 Å². The zero-order chi connectivity index (χ0) is 23.9. The number of hydrogen-bond donors (Lipinski definition) is 1. The number of rotatable bonds is 7. The molecule has 0 saturated carbocycles. The Kier molecular flexibility index (Phi) is 23.9. The number of isothiocyanates is 2. The topological polar surface area (TPSA) is 107 Å². The average molecular weight is 522 g/mol. The number of thiocarbonyl (C=S) groups is 2. The molecule has 1 radical (unpaired) electrons. The maximum atomic E-state index is 7.88. The quantitative estimate of drug-likeness (QED) is 0.270. The van der Waals surface area contributed by atoms with Crippen LogP contribution in [-0.4, -0.2) is 41.9 Å². The van der Waals surface area contributed by atoms with Crippen LogP contribution >= 0.6 is 24.4 Å². The summed E-state index contributed by atoms with van der Waals surface area (Å²) in [6, 6.07) is 18.0. The second-order valence-corrected chi connectivity index (χ2v) is 6.38. The largest absolute Gasteiger partial charge is 3.00 e. The van der Waals surface area contributed by atoms with Crippen LogP contribution < -0.4 is 0 Å². The smallest absolute Gasteiger partial charge is 0.753 e. The molecule has 7 nitrogen and oxygen atoms in total. The third-order valence-corrected chi connectivity index (χ3v) is 3.56. The van der Waals surface area contributed by atoms with Gasteiger partial charge in [0.1, 0.15) is 0 Å². The molecule has 0 saturated heterocycles. The van der Waals surface area contributed by atoms with Gasteiger partial charge in [0.15, 0.2) is 0 Å². The fourth-order valence-corrected chi connectivity index (χ4v) is 2.33. The minimum absolute atomic E-state index is 0. The first-order valence-corrected chi connectivity index (χ1v) is 10.5. The minimum Gasteiger partial charge on any atom is -0.753 e. The molecule has 0 bridgehead atoms. The molecule has 0 spiro atoms. The van der Waals surface area contributed by atoms with Crippen molar-refractivity contribution in [1.29, 1.82) is 0 Å². The van der Waals surface area contributed by atoms with Gasteiger partial charge in [0, 0.05) is 44.8 Å². The summed E-state index contributed by atoms with van der Waals surface area (Å²) < 4.78 is 0. The summed E-state index contributed by atoms with van der Waals surface area (Å²) >= 11 is 7.40. The maximum absolute atomic E-state index is 7.88. The molecule has 3 aromatic rings. The van der Waals surface area contributed by atoms with E-state index in [1.165, 1.54) is 10.3 Å². The second-order valence-electron chi connectivity index (χ2n) is 6.01. The van der Waals surface area contributed by atoms with Crippen LogP contribution in [0, 0.1) is 0 Å². The standard InChI is InChI=1S/C18H18N4.C3H8O.2CNS.Fe/c1-4-10-19-16(7-1)13-22(14-17-8-2-5-11-20-17)15-18-9-3-6-12-21-18;1-2-3-4;2*2-1-3;/h1-12H,13-15H2;4H,2-3H2,1H3;;;/q;;2*-1;+3. The summed E-state index contributed by atoms with van der Waals surface area (Å²) in [5.41, 5.74) is 3.15. The fourth-order valence-electron chi connectivity index (χ4n) is 2.33. The van der Waals surface area contributed by atoms with Gasteiger partial charge in [-0.2, -0.15) is 10.3 Å². The van der Waals surface area contributed by atoms with Crippen LogP contribution in [0.2, 0.25) is 0 Å². The average Bonchev–Trinajstić information content (AvgIpc) is 2.82. The van der Waals surface area contributed by atoms with Crippen LogP contribution in [0.15, 0.2) is 73.2 Å². The van der Waals surface area contributed by atoms with Crippen LogP contribution in [0.4, 0.5) is 0 Å². The molecular weight excluding hydrogens is 496 g/mol. The third kappa shape index (κ3) is 18.7. The van der Waals surface area contributed by atoms with Crippen LogP contribution in [-0.2, 0) is 36.7 Å². The molecule has 0 aliphatic heterocycles. The van der Waals surface area contributed by atoms with Gasteiger partial charge < -0.3 is 15.9 Å². The summed E-state index contributed by atoms with van der Waals surface area (Å²) in [6.07, 6.45) is 6.36. The van der Waals surface area contributed by atoms with Gasteiger partial charge in [-0.25, -0.2) is 0 Å². The van der Waals surface area contributed by atoms with Crippen LogP contribution in [0.3, 0.4) is 0 Å². The molecule has 10 heteroatoms. The van der Waals surface area contributed by atoms with Crippen molar-refractivity contribution < 1.29 is 22.2 Å². The zero-order valence-corrected chi connectivity index (χ0v) is 21.0. The number of aromatic nitrogens is 3. The minimum atomic E-state index is 0. The first-order valence-electron chi connectivity index (χ1n) is 9.70. The number of aliphatic hydroxyl groups is 1. The molecule has 0 fully saturated rings. The summed E-state index contributed by atoms with van der Waals surface area (Å²) in [7, 11) is 0. The first kappa shape index (κ1) is 32.7. The molecule has 0 unspecified atom stereocenters. The number of pyridine rings is 3. The molecule has 0 amide bonds. The summed E-state index contributed by atoms with van der Waals surface area (Å²) in [5, 5.41) is 24.8. The normalized spacial score (nSPS) is 8.58. The predicted octanol–water partition coefficient (Wildman–Crippen LogP) is 4.78. The summed E-state index contributed by atoms with van der Waals surface area (Å²) in [6.45, 7) is 4.57. The van der Waals surface area contributed by atoms with Crippen molar-refractivity contribution in [1.82, 2.24) is 19.9 Å². The Hall–Kier alpha value is -2.51. The molecule has 1 N–H and O–H groups in total. The van der Waals surface area contributed by atoms with Gasteiger partial charge in [-0.05, 0) is 42.8 Å². The van der Waals surface area contributed by atoms with E-state index in [-0.39, 0.29) is 17.1 Å². The van der Waals surface area contributed by atoms with Gasteiger partial charge in [-0.3, -0.25) is 19.9 Å². The van der Waals surface area contributed by atoms with E-state index in [2.05, 4.69) is 44.3 Å². The van der Waals surface area contributed by atoms with Crippen molar-refractivity contribution in [3.05, 3.63) is 101 Å². The summed E-state index contributed by atoms with van der Waals surface area (Å²) in [4.78, 5) is 15.6. The fraction of sp³-hybridized carbons (Fsp3) is 0.261. The Balaban J connectivity index is 0.